The highest BCUT2D eigenvalue weighted by Crippen LogP contribution is 2.28. The second kappa shape index (κ2) is 6.73. The molecule has 0 spiro atoms. The van der Waals surface area contributed by atoms with Gasteiger partial charge in [0.1, 0.15) is 0 Å². The van der Waals surface area contributed by atoms with Crippen LogP contribution in [0.25, 0.3) is 27.7 Å². The van der Waals surface area contributed by atoms with E-state index in [2.05, 4.69) is 33.7 Å². The quantitative estimate of drug-likeness (QED) is 0.462. The van der Waals surface area contributed by atoms with Crippen molar-refractivity contribution < 1.29 is 0 Å². The summed E-state index contributed by atoms with van der Waals surface area (Å²) in [6, 6.07) is 16.2. The number of hydrogen-bond donors (Lipinski definition) is 0. The number of benzene rings is 1. The molecule has 0 amide bonds. The summed E-state index contributed by atoms with van der Waals surface area (Å²) in [6.45, 7) is 2.63. The second-order valence-electron chi connectivity index (χ2n) is 6.76. The highest BCUT2D eigenvalue weighted by atomic mass is 32.1. The van der Waals surface area contributed by atoms with E-state index in [1.54, 1.807) is 26.6 Å². The summed E-state index contributed by atoms with van der Waals surface area (Å²) >= 11 is 1.71. The minimum absolute atomic E-state index is 0.0297. The van der Waals surface area contributed by atoms with Gasteiger partial charge >= 0.3 is 0 Å². The van der Waals surface area contributed by atoms with Gasteiger partial charge in [0.2, 0.25) is 0 Å². The Bertz CT molecular complexity index is 1330. The van der Waals surface area contributed by atoms with Crippen LogP contribution in [0, 0.1) is 6.92 Å². The van der Waals surface area contributed by atoms with E-state index in [0.29, 0.717) is 11.9 Å². The smallest absolute Gasteiger partial charge is 0.261 e. The van der Waals surface area contributed by atoms with Crippen molar-refractivity contribution in [1.29, 1.82) is 0 Å². The Morgan fingerprint density at radius 3 is 2.71 bits per heavy atom. The van der Waals surface area contributed by atoms with E-state index in [0.717, 1.165) is 34.4 Å². The van der Waals surface area contributed by atoms with E-state index in [1.165, 1.54) is 4.88 Å². The Balaban J connectivity index is 1.63. The van der Waals surface area contributed by atoms with Crippen LogP contribution in [0.3, 0.4) is 0 Å². The highest BCUT2D eigenvalue weighted by Gasteiger charge is 2.16. The fourth-order valence-corrected chi connectivity index (χ4v) is 4.32. The Kier molecular flexibility index (Phi) is 4.06. The van der Waals surface area contributed by atoms with Gasteiger partial charge in [0.25, 0.3) is 5.56 Å². The Hall–Kier alpha value is -3.25. The summed E-state index contributed by atoms with van der Waals surface area (Å²) < 4.78 is 3.54. The van der Waals surface area contributed by atoms with Crippen LogP contribution in [-0.2, 0) is 13.0 Å². The predicted molar refractivity (Wildman–Crippen MR) is 113 cm³/mol. The molecule has 0 bridgehead atoms. The number of rotatable bonds is 4. The molecule has 0 unspecified atom stereocenters. The van der Waals surface area contributed by atoms with Crippen molar-refractivity contribution in [1.82, 2.24) is 19.2 Å². The Morgan fingerprint density at radius 2 is 1.93 bits per heavy atom. The Labute approximate surface area is 165 Å². The zero-order chi connectivity index (χ0) is 19.1. The van der Waals surface area contributed by atoms with Crippen LogP contribution in [0.5, 0.6) is 0 Å². The van der Waals surface area contributed by atoms with Crippen molar-refractivity contribution in [2.24, 2.45) is 0 Å². The fourth-order valence-electron chi connectivity index (χ4n) is 3.62. The van der Waals surface area contributed by atoms with Crippen LogP contribution < -0.4 is 5.56 Å². The summed E-state index contributed by atoms with van der Waals surface area (Å²) in [5, 5.41) is 7.33. The van der Waals surface area contributed by atoms with E-state index in [1.807, 2.05) is 43.5 Å². The zero-order valence-corrected chi connectivity index (χ0v) is 16.2. The minimum Gasteiger partial charge on any atom is -0.314 e. The van der Waals surface area contributed by atoms with E-state index >= 15 is 0 Å². The summed E-state index contributed by atoms with van der Waals surface area (Å²) in [5.41, 5.74) is 4.50. The predicted octanol–water partition coefficient (Wildman–Crippen LogP) is 4.32. The maximum absolute atomic E-state index is 13.0. The van der Waals surface area contributed by atoms with Gasteiger partial charge in [0.15, 0.2) is 5.65 Å². The first kappa shape index (κ1) is 16.9. The lowest BCUT2D eigenvalue weighted by Gasteiger charge is -2.07. The van der Waals surface area contributed by atoms with E-state index in [-0.39, 0.29) is 5.56 Å². The molecule has 1 aromatic carbocycles. The third-order valence-corrected chi connectivity index (χ3v) is 5.94. The lowest BCUT2D eigenvalue weighted by molar-refractivity contribution is 0.679. The molecule has 0 saturated heterocycles. The normalized spacial score (nSPS) is 11.5. The maximum atomic E-state index is 13.0. The average molecular weight is 386 g/mol. The van der Waals surface area contributed by atoms with E-state index in [9.17, 15) is 4.79 Å². The van der Waals surface area contributed by atoms with Crippen molar-refractivity contribution in [2.75, 3.05) is 0 Å². The third kappa shape index (κ3) is 2.73. The molecule has 0 saturated carbocycles. The van der Waals surface area contributed by atoms with Crippen LogP contribution in [0.1, 0.15) is 10.6 Å². The number of fused-ring (bicyclic) bond motifs is 3. The first-order chi connectivity index (χ1) is 13.7. The van der Waals surface area contributed by atoms with Gasteiger partial charge < -0.3 is 4.57 Å². The lowest BCUT2D eigenvalue weighted by Crippen LogP contribution is -2.21. The Morgan fingerprint density at radius 1 is 1.07 bits per heavy atom. The summed E-state index contributed by atoms with van der Waals surface area (Å²) in [7, 11) is 0. The zero-order valence-electron chi connectivity index (χ0n) is 15.4. The number of thiophene rings is 1. The van der Waals surface area contributed by atoms with Gasteiger partial charge in [-0.15, -0.1) is 11.3 Å². The molecule has 28 heavy (non-hydrogen) atoms. The largest absolute Gasteiger partial charge is 0.314 e. The summed E-state index contributed by atoms with van der Waals surface area (Å²) in [6.07, 6.45) is 4.39. The van der Waals surface area contributed by atoms with Crippen molar-refractivity contribution in [3.05, 3.63) is 87.2 Å². The van der Waals surface area contributed by atoms with Gasteiger partial charge in [-0.3, -0.25) is 4.79 Å². The molecule has 138 valence electrons. The fraction of sp³-hybridized carbons (Fsp3) is 0.136. The monoisotopic (exact) mass is 386 g/mol. The number of aryl methyl sites for hydroxylation is 3. The molecule has 4 heterocycles. The van der Waals surface area contributed by atoms with Gasteiger partial charge in [-0.1, -0.05) is 36.4 Å². The molecule has 0 radical (unpaired) electrons. The molecule has 0 atom stereocenters. The molecule has 4 aromatic heterocycles. The van der Waals surface area contributed by atoms with Gasteiger partial charge in [-0.05, 0) is 36.4 Å². The molecule has 5 aromatic rings. The van der Waals surface area contributed by atoms with Gasteiger partial charge in [0, 0.05) is 29.4 Å². The van der Waals surface area contributed by atoms with E-state index in [4.69, 9.17) is 0 Å². The van der Waals surface area contributed by atoms with Crippen molar-refractivity contribution in [3.8, 4) is 11.1 Å². The second-order valence-corrected chi connectivity index (χ2v) is 7.79. The molecular formula is C22H18N4OS. The minimum atomic E-state index is -0.0297. The van der Waals surface area contributed by atoms with Crippen LogP contribution in [0.4, 0.5) is 0 Å². The number of nitrogens with zero attached hydrogens (tertiary/aromatic N) is 4. The SMILES string of the molecule is Cc1nn2c(ncc3c(=O)n(CCc4cccs4)ccc32)c1-c1ccccc1. The van der Waals surface area contributed by atoms with Crippen LogP contribution in [-0.4, -0.2) is 19.2 Å². The molecule has 0 aliphatic carbocycles. The molecule has 6 heteroatoms. The van der Waals surface area contributed by atoms with Crippen molar-refractivity contribution in [2.45, 2.75) is 19.9 Å². The van der Waals surface area contributed by atoms with Crippen LogP contribution in [0.2, 0.25) is 0 Å². The van der Waals surface area contributed by atoms with Crippen molar-refractivity contribution in [3.63, 3.8) is 0 Å². The third-order valence-electron chi connectivity index (χ3n) is 5.00. The number of hydrogen-bond acceptors (Lipinski definition) is 4. The standard InChI is InChI=1S/C22H18N4OS/c1-15-20(16-6-3-2-4-7-16)21-23-14-18-19(26(21)24-15)10-12-25(22(18)27)11-9-17-8-5-13-28-17/h2-8,10,12-14H,9,11H2,1H3. The average Bonchev–Trinajstić information content (AvgIpc) is 3.35. The lowest BCUT2D eigenvalue weighted by atomic mass is 10.1. The van der Waals surface area contributed by atoms with Gasteiger partial charge in [0.05, 0.1) is 16.6 Å². The first-order valence-electron chi connectivity index (χ1n) is 9.17. The molecule has 0 fully saturated rings. The molecule has 5 rings (SSSR count). The molecule has 0 N–H and O–H groups in total. The molecule has 5 nitrogen and oxygen atoms in total. The van der Waals surface area contributed by atoms with E-state index < -0.39 is 0 Å². The number of aromatic nitrogens is 4. The summed E-state index contributed by atoms with van der Waals surface area (Å²) in [4.78, 5) is 18.9. The molecular weight excluding hydrogens is 368 g/mol. The van der Waals surface area contributed by atoms with Crippen molar-refractivity contribution >= 4 is 27.9 Å². The molecule has 0 aliphatic heterocycles. The summed E-state index contributed by atoms with van der Waals surface area (Å²) in [5.74, 6) is 0. The number of pyridine rings is 1. The van der Waals surface area contributed by atoms with Crippen LogP contribution in [0.15, 0.2) is 71.1 Å². The first-order valence-corrected chi connectivity index (χ1v) is 10.1. The topological polar surface area (TPSA) is 52.2 Å². The molecule has 0 aliphatic rings. The van der Waals surface area contributed by atoms with Gasteiger partial charge in [-0.2, -0.15) is 5.10 Å². The maximum Gasteiger partial charge on any atom is 0.261 e. The van der Waals surface area contributed by atoms with Crippen LogP contribution >= 0.6 is 11.3 Å². The van der Waals surface area contributed by atoms with Gasteiger partial charge in [-0.25, -0.2) is 9.50 Å². The highest BCUT2D eigenvalue weighted by molar-refractivity contribution is 7.09.